The van der Waals surface area contributed by atoms with Crippen molar-refractivity contribution in [1.29, 1.82) is 0 Å². The Kier molecular flexibility index (Phi) is 3.43. The van der Waals surface area contributed by atoms with Crippen molar-refractivity contribution in [2.75, 3.05) is 0 Å². The number of aryl methyl sites for hydroxylation is 1. The molecule has 0 amide bonds. The highest BCUT2D eigenvalue weighted by Gasteiger charge is 2.22. The quantitative estimate of drug-likeness (QED) is 0.726. The number of hydrogen-bond donors (Lipinski definition) is 0. The van der Waals surface area contributed by atoms with Gasteiger partial charge in [0.15, 0.2) is 5.82 Å². The Hall–Kier alpha value is -2.49. The number of hydrogen-bond acceptors (Lipinski definition) is 3. The summed E-state index contributed by atoms with van der Waals surface area (Å²) < 4.78 is 2.24. The molecule has 0 saturated carbocycles. The fourth-order valence-electron chi connectivity index (χ4n) is 3.23. The summed E-state index contributed by atoms with van der Waals surface area (Å²) in [6.07, 6.45) is 5.03. The first-order chi connectivity index (χ1) is 10.9. The first-order valence-corrected chi connectivity index (χ1v) is 7.80. The van der Waals surface area contributed by atoms with Gasteiger partial charge in [0, 0.05) is 19.2 Å². The molecular weight excluding hydrogens is 272 g/mol. The lowest BCUT2D eigenvalue weighted by Crippen LogP contribution is -2.04. The molecule has 3 aromatic rings. The van der Waals surface area contributed by atoms with Gasteiger partial charge in [0.25, 0.3) is 0 Å². The Labute approximate surface area is 129 Å². The molecule has 0 N–H and O–H groups in total. The van der Waals surface area contributed by atoms with Crippen LogP contribution >= 0.6 is 0 Å². The Balaban J connectivity index is 1.62. The largest absolute Gasteiger partial charge is 0.310 e. The molecule has 110 valence electrons. The van der Waals surface area contributed by atoms with Gasteiger partial charge in [0.2, 0.25) is 0 Å². The van der Waals surface area contributed by atoms with Crippen LogP contribution in [0.4, 0.5) is 0 Å². The van der Waals surface area contributed by atoms with Crippen LogP contribution in [0.2, 0.25) is 0 Å². The molecule has 1 aliphatic rings. The molecule has 22 heavy (non-hydrogen) atoms. The van der Waals surface area contributed by atoms with Crippen molar-refractivity contribution < 1.29 is 0 Å². The topological polar surface area (TPSA) is 43.6 Å². The number of pyridine rings is 1. The van der Waals surface area contributed by atoms with Crippen LogP contribution in [0.5, 0.6) is 0 Å². The third-order valence-electron chi connectivity index (χ3n) is 4.41. The summed E-state index contributed by atoms with van der Waals surface area (Å²) in [6, 6.07) is 16.7. The molecule has 0 bridgehead atoms. The minimum absolute atomic E-state index is 0.597. The molecule has 1 aliphatic heterocycles. The van der Waals surface area contributed by atoms with Crippen LogP contribution < -0.4 is 0 Å². The monoisotopic (exact) mass is 290 g/mol. The van der Waals surface area contributed by atoms with Gasteiger partial charge in [0.1, 0.15) is 11.5 Å². The Morgan fingerprint density at radius 1 is 0.909 bits per heavy atom. The van der Waals surface area contributed by atoms with E-state index in [0.717, 1.165) is 43.1 Å². The fraction of sp³-hybridized carbons (Fsp3) is 0.278. The number of rotatable bonds is 2. The highest BCUT2D eigenvalue weighted by Crippen LogP contribution is 2.30. The van der Waals surface area contributed by atoms with Crippen LogP contribution in [-0.2, 0) is 13.0 Å². The van der Waals surface area contributed by atoms with E-state index in [1.54, 1.807) is 6.20 Å². The molecule has 1 unspecified atom stereocenters. The summed E-state index contributed by atoms with van der Waals surface area (Å²) in [5, 5.41) is 8.75. The van der Waals surface area contributed by atoms with Crippen LogP contribution in [0.1, 0.15) is 30.1 Å². The molecule has 4 nitrogen and oxygen atoms in total. The fourth-order valence-corrected chi connectivity index (χ4v) is 3.23. The first-order valence-electron chi connectivity index (χ1n) is 7.80. The Morgan fingerprint density at radius 2 is 1.77 bits per heavy atom. The zero-order chi connectivity index (χ0) is 14.8. The third kappa shape index (κ3) is 2.41. The van der Waals surface area contributed by atoms with Gasteiger partial charge in [-0.1, -0.05) is 36.4 Å². The smallest absolute Gasteiger partial charge is 0.182 e. The summed E-state index contributed by atoms with van der Waals surface area (Å²) in [7, 11) is 0. The van der Waals surface area contributed by atoms with E-state index in [2.05, 4.69) is 50.1 Å². The van der Waals surface area contributed by atoms with E-state index < -0.39 is 0 Å². The molecule has 1 aromatic carbocycles. The zero-order valence-corrected chi connectivity index (χ0v) is 12.4. The first kappa shape index (κ1) is 13.2. The second kappa shape index (κ2) is 5.72. The summed E-state index contributed by atoms with van der Waals surface area (Å²) in [5.74, 6) is 2.57. The number of fused-ring (bicyclic) bond motifs is 1. The normalized spacial score (nSPS) is 17.7. The van der Waals surface area contributed by atoms with Gasteiger partial charge in [-0.05, 0) is 36.5 Å². The molecule has 4 rings (SSSR count). The molecule has 1 atom stereocenters. The van der Waals surface area contributed by atoms with E-state index >= 15 is 0 Å². The summed E-state index contributed by atoms with van der Waals surface area (Å²) >= 11 is 0. The van der Waals surface area contributed by atoms with E-state index in [1.165, 1.54) is 5.56 Å². The molecule has 0 spiro atoms. The molecule has 0 radical (unpaired) electrons. The van der Waals surface area contributed by atoms with Crippen molar-refractivity contribution in [2.24, 2.45) is 0 Å². The SMILES string of the molecule is c1ccc(C2CCc3nnc(-c4ccccn4)n3CC2)cc1. The highest BCUT2D eigenvalue weighted by atomic mass is 15.3. The number of aromatic nitrogens is 4. The van der Waals surface area contributed by atoms with Gasteiger partial charge in [-0.25, -0.2) is 0 Å². The molecule has 4 heteroatoms. The highest BCUT2D eigenvalue weighted by molar-refractivity contribution is 5.49. The van der Waals surface area contributed by atoms with Crippen LogP contribution in [0, 0.1) is 0 Å². The number of nitrogens with zero attached hydrogens (tertiary/aromatic N) is 4. The van der Waals surface area contributed by atoms with Crippen LogP contribution in [0.15, 0.2) is 54.7 Å². The van der Waals surface area contributed by atoms with Crippen molar-refractivity contribution in [2.45, 2.75) is 31.7 Å². The molecule has 2 aromatic heterocycles. The Morgan fingerprint density at radius 3 is 2.59 bits per heavy atom. The molecule has 0 saturated heterocycles. The van der Waals surface area contributed by atoms with Gasteiger partial charge in [0.05, 0.1) is 0 Å². The van der Waals surface area contributed by atoms with Crippen LogP contribution in [0.3, 0.4) is 0 Å². The van der Waals surface area contributed by atoms with E-state index in [0.29, 0.717) is 5.92 Å². The average Bonchev–Trinajstić information content (AvgIpc) is 2.88. The van der Waals surface area contributed by atoms with Gasteiger partial charge in [-0.15, -0.1) is 10.2 Å². The average molecular weight is 290 g/mol. The predicted molar refractivity (Wildman–Crippen MR) is 85.4 cm³/mol. The molecule has 0 fully saturated rings. The van der Waals surface area contributed by atoms with Gasteiger partial charge >= 0.3 is 0 Å². The standard InChI is InChI=1S/C18H18N4/c1-2-6-14(7-3-1)15-9-10-17-20-21-18(22(17)13-11-15)16-8-4-5-12-19-16/h1-8,12,15H,9-11,13H2. The lowest BCUT2D eigenvalue weighted by molar-refractivity contribution is 0.561. The molecule has 0 aliphatic carbocycles. The minimum Gasteiger partial charge on any atom is -0.310 e. The van der Waals surface area contributed by atoms with Crippen LogP contribution in [-0.4, -0.2) is 19.7 Å². The lowest BCUT2D eigenvalue weighted by atomic mass is 9.92. The van der Waals surface area contributed by atoms with Crippen molar-refractivity contribution in [1.82, 2.24) is 19.7 Å². The van der Waals surface area contributed by atoms with Crippen molar-refractivity contribution >= 4 is 0 Å². The predicted octanol–water partition coefficient (Wildman–Crippen LogP) is 3.46. The van der Waals surface area contributed by atoms with Gasteiger partial charge < -0.3 is 4.57 Å². The van der Waals surface area contributed by atoms with E-state index in [1.807, 2.05) is 18.2 Å². The summed E-state index contributed by atoms with van der Waals surface area (Å²) in [6.45, 7) is 0.952. The second-order valence-corrected chi connectivity index (χ2v) is 5.74. The second-order valence-electron chi connectivity index (χ2n) is 5.74. The van der Waals surface area contributed by atoms with Gasteiger partial charge in [-0.2, -0.15) is 0 Å². The van der Waals surface area contributed by atoms with E-state index in [9.17, 15) is 0 Å². The maximum atomic E-state index is 4.41. The maximum Gasteiger partial charge on any atom is 0.182 e. The number of benzene rings is 1. The van der Waals surface area contributed by atoms with Crippen molar-refractivity contribution in [3.63, 3.8) is 0 Å². The van der Waals surface area contributed by atoms with E-state index in [-0.39, 0.29) is 0 Å². The van der Waals surface area contributed by atoms with Crippen molar-refractivity contribution in [3.8, 4) is 11.5 Å². The summed E-state index contributed by atoms with van der Waals surface area (Å²) in [4.78, 5) is 4.41. The lowest BCUT2D eigenvalue weighted by Gasteiger charge is -2.14. The minimum atomic E-state index is 0.597. The molecular formula is C18H18N4. The Bertz CT molecular complexity index is 749. The third-order valence-corrected chi connectivity index (χ3v) is 4.41. The zero-order valence-electron chi connectivity index (χ0n) is 12.4. The van der Waals surface area contributed by atoms with Crippen molar-refractivity contribution in [3.05, 3.63) is 66.1 Å². The molecule has 3 heterocycles. The van der Waals surface area contributed by atoms with Crippen LogP contribution in [0.25, 0.3) is 11.5 Å². The van der Waals surface area contributed by atoms with E-state index in [4.69, 9.17) is 0 Å². The van der Waals surface area contributed by atoms with Gasteiger partial charge in [-0.3, -0.25) is 4.98 Å². The summed E-state index contributed by atoms with van der Waals surface area (Å²) in [5.41, 5.74) is 2.33. The maximum absolute atomic E-state index is 4.41.